The minimum Gasteiger partial charge on any atom is -0.508 e. The predicted molar refractivity (Wildman–Crippen MR) is 97.2 cm³/mol. The zero-order valence-electron chi connectivity index (χ0n) is 14.1. The van der Waals surface area contributed by atoms with Crippen LogP contribution >= 0.6 is 0 Å². The van der Waals surface area contributed by atoms with Gasteiger partial charge in [0.05, 0.1) is 12.3 Å². The van der Waals surface area contributed by atoms with Gasteiger partial charge in [-0.3, -0.25) is 9.89 Å². The summed E-state index contributed by atoms with van der Waals surface area (Å²) < 4.78 is 5.75. The van der Waals surface area contributed by atoms with Gasteiger partial charge in [-0.25, -0.2) is 0 Å². The van der Waals surface area contributed by atoms with Gasteiger partial charge in [0.1, 0.15) is 17.2 Å². The van der Waals surface area contributed by atoms with Crippen LogP contribution in [0.2, 0.25) is 0 Å². The molecule has 2 aromatic carbocycles. The van der Waals surface area contributed by atoms with Gasteiger partial charge in [0.25, 0.3) is 5.91 Å². The number of para-hydroxylation sites is 1. The maximum absolute atomic E-state index is 12.4. The second-order valence-corrected chi connectivity index (χ2v) is 6.41. The molecule has 6 nitrogen and oxygen atoms in total. The first kappa shape index (κ1) is 16.2. The van der Waals surface area contributed by atoms with Crippen molar-refractivity contribution in [3.63, 3.8) is 0 Å². The molecule has 2 heterocycles. The van der Waals surface area contributed by atoms with E-state index in [0.717, 1.165) is 17.7 Å². The van der Waals surface area contributed by atoms with Crippen LogP contribution in [0.4, 0.5) is 0 Å². The lowest BCUT2D eigenvalue weighted by Gasteiger charge is -2.25. The first-order valence-corrected chi connectivity index (χ1v) is 8.53. The number of nitrogens with zero attached hydrogens (tertiary/aromatic N) is 1. The molecule has 0 spiro atoms. The van der Waals surface area contributed by atoms with E-state index in [4.69, 9.17) is 4.74 Å². The number of phenols is 1. The SMILES string of the molecule is O=C(NC[C@@H]1COc2ccccc2C1)c1cc(-c2ccc(O)cc2)n[nH]1. The summed E-state index contributed by atoms with van der Waals surface area (Å²) in [6.07, 6.45) is 0.887. The van der Waals surface area contributed by atoms with E-state index >= 15 is 0 Å². The number of aromatic nitrogens is 2. The third-order valence-corrected chi connectivity index (χ3v) is 4.49. The minimum absolute atomic E-state index is 0.193. The van der Waals surface area contributed by atoms with Crippen LogP contribution in [-0.4, -0.2) is 34.4 Å². The van der Waals surface area contributed by atoms with E-state index < -0.39 is 0 Å². The van der Waals surface area contributed by atoms with Crippen molar-refractivity contribution in [2.45, 2.75) is 6.42 Å². The summed E-state index contributed by atoms with van der Waals surface area (Å²) in [6.45, 7) is 1.14. The lowest BCUT2D eigenvalue weighted by Crippen LogP contribution is -2.34. The normalized spacial score (nSPS) is 15.8. The fourth-order valence-electron chi connectivity index (χ4n) is 3.07. The second-order valence-electron chi connectivity index (χ2n) is 6.41. The zero-order chi connectivity index (χ0) is 17.9. The third kappa shape index (κ3) is 3.39. The Bertz CT molecular complexity index is 918. The van der Waals surface area contributed by atoms with Gasteiger partial charge in [-0.1, -0.05) is 18.2 Å². The molecule has 1 amide bonds. The molecule has 0 saturated carbocycles. The van der Waals surface area contributed by atoms with Gasteiger partial charge in [-0.05, 0) is 48.4 Å². The molecule has 6 heteroatoms. The van der Waals surface area contributed by atoms with Crippen LogP contribution in [0.15, 0.2) is 54.6 Å². The number of benzene rings is 2. The Hall–Kier alpha value is -3.28. The fourth-order valence-corrected chi connectivity index (χ4v) is 3.07. The second kappa shape index (κ2) is 6.92. The lowest BCUT2D eigenvalue weighted by atomic mass is 9.97. The average molecular weight is 349 g/mol. The van der Waals surface area contributed by atoms with Crippen molar-refractivity contribution in [2.75, 3.05) is 13.2 Å². The molecule has 1 aliphatic heterocycles. The zero-order valence-corrected chi connectivity index (χ0v) is 14.1. The molecule has 0 unspecified atom stereocenters. The van der Waals surface area contributed by atoms with E-state index in [-0.39, 0.29) is 17.6 Å². The molecule has 0 aliphatic carbocycles. The molecular formula is C20H19N3O3. The standard InChI is InChI=1S/C20H19N3O3/c24-16-7-5-14(6-8-16)17-10-18(23-22-17)20(25)21-11-13-9-15-3-1-2-4-19(15)26-12-13/h1-8,10,13,24H,9,11-12H2,(H,21,25)(H,22,23)/t13-/m1/s1. The van der Waals surface area contributed by atoms with Crippen LogP contribution in [0.3, 0.4) is 0 Å². The maximum atomic E-state index is 12.4. The van der Waals surface area contributed by atoms with Gasteiger partial charge in [0.15, 0.2) is 0 Å². The Labute approximate surface area is 150 Å². The summed E-state index contributed by atoms with van der Waals surface area (Å²) in [4.78, 5) is 12.4. The number of ether oxygens (including phenoxy) is 1. The highest BCUT2D eigenvalue weighted by molar-refractivity contribution is 5.93. The van der Waals surface area contributed by atoms with Crippen molar-refractivity contribution >= 4 is 5.91 Å². The van der Waals surface area contributed by atoms with Gasteiger partial charge in [-0.15, -0.1) is 0 Å². The van der Waals surface area contributed by atoms with Crippen molar-refractivity contribution in [2.24, 2.45) is 5.92 Å². The van der Waals surface area contributed by atoms with E-state index in [0.29, 0.717) is 24.5 Å². The van der Waals surface area contributed by atoms with Crippen LogP contribution in [0, 0.1) is 5.92 Å². The summed E-state index contributed by atoms with van der Waals surface area (Å²) in [5.41, 5.74) is 3.07. The van der Waals surface area contributed by atoms with Crippen LogP contribution in [0.25, 0.3) is 11.3 Å². The highest BCUT2D eigenvalue weighted by Crippen LogP contribution is 2.26. The molecular weight excluding hydrogens is 330 g/mol. The monoisotopic (exact) mass is 349 g/mol. The summed E-state index contributed by atoms with van der Waals surface area (Å²) in [5, 5.41) is 19.2. The smallest absolute Gasteiger partial charge is 0.269 e. The highest BCUT2D eigenvalue weighted by atomic mass is 16.5. The molecule has 3 aromatic rings. The molecule has 1 atom stereocenters. The predicted octanol–water partition coefficient (Wildman–Crippen LogP) is 2.76. The molecule has 132 valence electrons. The van der Waals surface area contributed by atoms with Crippen molar-refractivity contribution in [1.82, 2.24) is 15.5 Å². The van der Waals surface area contributed by atoms with Crippen LogP contribution < -0.4 is 10.1 Å². The van der Waals surface area contributed by atoms with Crippen molar-refractivity contribution in [1.29, 1.82) is 0 Å². The van der Waals surface area contributed by atoms with Gasteiger partial charge in [0.2, 0.25) is 0 Å². The topological polar surface area (TPSA) is 87.2 Å². The number of amides is 1. The number of carbonyl (C=O) groups is 1. The quantitative estimate of drug-likeness (QED) is 0.676. The summed E-state index contributed by atoms with van der Waals surface area (Å²) in [5.74, 6) is 1.18. The Balaban J connectivity index is 1.36. The summed E-state index contributed by atoms with van der Waals surface area (Å²) in [6, 6.07) is 16.4. The number of rotatable bonds is 4. The number of aromatic hydroxyl groups is 1. The van der Waals surface area contributed by atoms with Gasteiger partial charge < -0.3 is 15.2 Å². The Kier molecular flexibility index (Phi) is 4.31. The number of aromatic amines is 1. The van der Waals surface area contributed by atoms with Crippen molar-refractivity contribution < 1.29 is 14.6 Å². The fraction of sp³-hybridized carbons (Fsp3) is 0.200. The average Bonchev–Trinajstić information content (AvgIpc) is 3.17. The molecule has 26 heavy (non-hydrogen) atoms. The van der Waals surface area contributed by atoms with E-state index in [1.165, 1.54) is 5.56 Å². The number of hydrogen-bond donors (Lipinski definition) is 3. The molecule has 3 N–H and O–H groups in total. The van der Waals surface area contributed by atoms with E-state index in [1.54, 1.807) is 30.3 Å². The lowest BCUT2D eigenvalue weighted by molar-refractivity contribution is 0.0934. The van der Waals surface area contributed by atoms with Gasteiger partial charge >= 0.3 is 0 Å². The largest absolute Gasteiger partial charge is 0.508 e. The molecule has 0 bridgehead atoms. The molecule has 4 rings (SSSR count). The number of H-pyrrole nitrogens is 1. The van der Waals surface area contributed by atoms with E-state index in [1.807, 2.05) is 18.2 Å². The molecule has 1 aromatic heterocycles. The molecule has 0 radical (unpaired) electrons. The third-order valence-electron chi connectivity index (χ3n) is 4.49. The molecule has 1 aliphatic rings. The number of phenolic OH excluding ortho intramolecular Hbond substituents is 1. The van der Waals surface area contributed by atoms with E-state index in [2.05, 4.69) is 21.6 Å². The maximum Gasteiger partial charge on any atom is 0.269 e. The van der Waals surface area contributed by atoms with Gasteiger partial charge in [0, 0.05) is 18.0 Å². The number of carbonyl (C=O) groups excluding carboxylic acids is 1. The number of hydrogen-bond acceptors (Lipinski definition) is 4. The van der Waals surface area contributed by atoms with Crippen LogP contribution in [-0.2, 0) is 6.42 Å². The first-order chi connectivity index (χ1) is 12.7. The Morgan fingerprint density at radius 2 is 2.04 bits per heavy atom. The van der Waals surface area contributed by atoms with Crippen molar-refractivity contribution in [3.05, 3.63) is 65.9 Å². The van der Waals surface area contributed by atoms with Crippen molar-refractivity contribution in [3.8, 4) is 22.8 Å². The molecule has 0 saturated heterocycles. The summed E-state index contributed by atoms with van der Waals surface area (Å²) >= 11 is 0. The minimum atomic E-state index is -0.193. The number of fused-ring (bicyclic) bond motifs is 1. The molecule has 0 fully saturated rings. The Morgan fingerprint density at radius 3 is 2.88 bits per heavy atom. The first-order valence-electron chi connectivity index (χ1n) is 8.53. The number of nitrogens with one attached hydrogen (secondary N) is 2. The Morgan fingerprint density at radius 1 is 1.23 bits per heavy atom. The summed E-state index contributed by atoms with van der Waals surface area (Å²) in [7, 11) is 0. The van der Waals surface area contributed by atoms with Gasteiger partial charge in [-0.2, -0.15) is 5.10 Å². The van der Waals surface area contributed by atoms with Crippen LogP contribution in [0.5, 0.6) is 11.5 Å². The van der Waals surface area contributed by atoms with Crippen LogP contribution in [0.1, 0.15) is 16.1 Å². The highest BCUT2D eigenvalue weighted by Gasteiger charge is 2.20. The van der Waals surface area contributed by atoms with E-state index in [9.17, 15) is 9.90 Å².